The summed E-state index contributed by atoms with van der Waals surface area (Å²) >= 11 is 0. The molecule has 14 heavy (non-hydrogen) atoms. The summed E-state index contributed by atoms with van der Waals surface area (Å²) in [5, 5.41) is 3.32. The number of rotatable bonds is 3. The SMILES string of the molecule is C#CCNC1CC1c1ccccc1.Cl. The zero-order valence-electron chi connectivity index (χ0n) is 7.94. The van der Waals surface area contributed by atoms with Crippen molar-refractivity contribution in [3.05, 3.63) is 35.9 Å². The van der Waals surface area contributed by atoms with E-state index in [4.69, 9.17) is 6.42 Å². The van der Waals surface area contributed by atoms with Crippen LogP contribution in [-0.2, 0) is 0 Å². The van der Waals surface area contributed by atoms with E-state index in [1.54, 1.807) is 0 Å². The van der Waals surface area contributed by atoms with E-state index < -0.39 is 0 Å². The normalized spacial score (nSPS) is 23.4. The highest BCUT2D eigenvalue weighted by molar-refractivity contribution is 5.85. The van der Waals surface area contributed by atoms with E-state index in [0.717, 1.165) is 0 Å². The van der Waals surface area contributed by atoms with Crippen molar-refractivity contribution in [2.75, 3.05) is 6.54 Å². The van der Waals surface area contributed by atoms with Crippen molar-refractivity contribution in [2.24, 2.45) is 0 Å². The summed E-state index contributed by atoms with van der Waals surface area (Å²) in [5.41, 5.74) is 1.43. The molecule has 74 valence electrons. The van der Waals surface area contributed by atoms with Gasteiger partial charge in [0, 0.05) is 12.0 Å². The lowest BCUT2D eigenvalue weighted by atomic mass is 10.1. The van der Waals surface area contributed by atoms with Gasteiger partial charge in [0.25, 0.3) is 0 Å². The molecule has 2 unspecified atom stereocenters. The summed E-state index contributed by atoms with van der Waals surface area (Å²) in [6, 6.07) is 11.2. The van der Waals surface area contributed by atoms with Gasteiger partial charge in [-0.2, -0.15) is 0 Å². The molecule has 0 radical (unpaired) electrons. The number of halogens is 1. The van der Waals surface area contributed by atoms with Crippen LogP contribution in [0.25, 0.3) is 0 Å². The van der Waals surface area contributed by atoms with Crippen LogP contribution in [0.15, 0.2) is 30.3 Å². The highest BCUT2D eigenvalue weighted by Crippen LogP contribution is 2.40. The Kier molecular flexibility index (Phi) is 4.00. The van der Waals surface area contributed by atoms with Crippen molar-refractivity contribution in [1.82, 2.24) is 5.32 Å². The van der Waals surface area contributed by atoms with Crippen molar-refractivity contribution in [1.29, 1.82) is 0 Å². The fraction of sp³-hybridized carbons (Fsp3) is 0.333. The lowest BCUT2D eigenvalue weighted by molar-refractivity contribution is 0.742. The second-order valence-corrected chi connectivity index (χ2v) is 3.44. The van der Waals surface area contributed by atoms with E-state index in [1.165, 1.54) is 12.0 Å². The topological polar surface area (TPSA) is 12.0 Å². The van der Waals surface area contributed by atoms with Gasteiger partial charge in [0.2, 0.25) is 0 Å². The first-order chi connectivity index (χ1) is 6.42. The number of benzene rings is 1. The van der Waals surface area contributed by atoms with E-state index in [0.29, 0.717) is 18.5 Å². The highest BCUT2D eigenvalue weighted by Gasteiger charge is 2.37. The van der Waals surface area contributed by atoms with Crippen LogP contribution in [0.5, 0.6) is 0 Å². The molecule has 1 fully saturated rings. The van der Waals surface area contributed by atoms with Crippen LogP contribution >= 0.6 is 12.4 Å². The Morgan fingerprint density at radius 1 is 1.36 bits per heavy atom. The molecule has 0 amide bonds. The van der Waals surface area contributed by atoms with Crippen molar-refractivity contribution >= 4 is 12.4 Å². The zero-order valence-corrected chi connectivity index (χ0v) is 8.76. The molecule has 1 aromatic rings. The molecule has 1 aliphatic rings. The van der Waals surface area contributed by atoms with Gasteiger partial charge in [-0.1, -0.05) is 36.3 Å². The van der Waals surface area contributed by atoms with Gasteiger partial charge in [0.15, 0.2) is 0 Å². The van der Waals surface area contributed by atoms with Crippen LogP contribution in [0, 0.1) is 12.3 Å². The zero-order chi connectivity index (χ0) is 9.10. The van der Waals surface area contributed by atoms with E-state index in [9.17, 15) is 0 Å². The second-order valence-electron chi connectivity index (χ2n) is 3.44. The predicted octanol–water partition coefficient (Wildman–Crippen LogP) is 2.19. The Labute approximate surface area is 91.3 Å². The lowest BCUT2D eigenvalue weighted by Gasteiger charge is -1.99. The second kappa shape index (κ2) is 5.05. The van der Waals surface area contributed by atoms with Gasteiger partial charge >= 0.3 is 0 Å². The minimum Gasteiger partial charge on any atom is -0.303 e. The Morgan fingerprint density at radius 3 is 2.71 bits per heavy atom. The molecule has 0 aliphatic heterocycles. The minimum atomic E-state index is 0. The number of terminal acetylenes is 1. The molecule has 0 spiro atoms. The Balaban J connectivity index is 0.000000980. The molecule has 1 aliphatic carbocycles. The Bertz CT molecular complexity index is 315. The van der Waals surface area contributed by atoms with Gasteiger partial charge in [-0.05, 0) is 12.0 Å². The van der Waals surface area contributed by atoms with E-state index in [2.05, 4.69) is 41.6 Å². The number of nitrogens with one attached hydrogen (secondary N) is 1. The van der Waals surface area contributed by atoms with Crippen LogP contribution < -0.4 is 5.32 Å². The Morgan fingerprint density at radius 2 is 2.07 bits per heavy atom. The molecule has 2 heteroatoms. The number of hydrogen-bond donors (Lipinski definition) is 1. The molecule has 2 rings (SSSR count). The van der Waals surface area contributed by atoms with E-state index in [-0.39, 0.29) is 12.4 Å². The van der Waals surface area contributed by atoms with E-state index in [1.807, 2.05) is 0 Å². The quantitative estimate of drug-likeness (QED) is 0.750. The van der Waals surface area contributed by atoms with E-state index >= 15 is 0 Å². The molecule has 0 saturated heterocycles. The van der Waals surface area contributed by atoms with Crippen LogP contribution in [-0.4, -0.2) is 12.6 Å². The average molecular weight is 208 g/mol. The third-order valence-electron chi connectivity index (χ3n) is 2.48. The maximum Gasteiger partial charge on any atom is 0.0576 e. The van der Waals surface area contributed by atoms with Crippen molar-refractivity contribution in [2.45, 2.75) is 18.4 Å². The number of hydrogen-bond acceptors (Lipinski definition) is 1. The van der Waals surface area contributed by atoms with Gasteiger partial charge in [0.05, 0.1) is 6.54 Å². The first-order valence-corrected chi connectivity index (χ1v) is 4.63. The molecule has 2 atom stereocenters. The van der Waals surface area contributed by atoms with Crippen LogP contribution in [0.2, 0.25) is 0 Å². The van der Waals surface area contributed by atoms with Crippen LogP contribution in [0.1, 0.15) is 17.9 Å². The van der Waals surface area contributed by atoms with Gasteiger partial charge in [0.1, 0.15) is 0 Å². The summed E-state index contributed by atoms with van der Waals surface area (Å²) in [6.07, 6.45) is 6.40. The minimum absolute atomic E-state index is 0. The maximum absolute atomic E-state index is 5.18. The summed E-state index contributed by atoms with van der Waals surface area (Å²) in [4.78, 5) is 0. The fourth-order valence-corrected chi connectivity index (χ4v) is 1.68. The molecule has 1 N–H and O–H groups in total. The largest absolute Gasteiger partial charge is 0.303 e. The lowest BCUT2D eigenvalue weighted by Crippen LogP contribution is -2.17. The van der Waals surface area contributed by atoms with Crippen LogP contribution in [0.3, 0.4) is 0 Å². The Hall–Kier alpha value is -0.970. The van der Waals surface area contributed by atoms with Gasteiger partial charge < -0.3 is 5.32 Å². The summed E-state index contributed by atoms with van der Waals surface area (Å²) in [6.45, 7) is 0.688. The van der Waals surface area contributed by atoms with Gasteiger partial charge in [-0.25, -0.2) is 0 Å². The molecule has 1 aromatic carbocycles. The molecule has 0 bridgehead atoms. The molecular weight excluding hydrogens is 194 g/mol. The first-order valence-electron chi connectivity index (χ1n) is 4.63. The molecule has 0 heterocycles. The van der Waals surface area contributed by atoms with Crippen molar-refractivity contribution in [3.8, 4) is 12.3 Å². The third-order valence-corrected chi connectivity index (χ3v) is 2.48. The fourth-order valence-electron chi connectivity index (χ4n) is 1.68. The molecule has 1 nitrogen and oxygen atoms in total. The summed E-state index contributed by atoms with van der Waals surface area (Å²) in [5.74, 6) is 3.29. The van der Waals surface area contributed by atoms with Gasteiger partial charge in [-0.3, -0.25) is 0 Å². The first kappa shape index (κ1) is 11.1. The van der Waals surface area contributed by atoms with Crippen molar-refractivity contribution < 1.29 is 0 Å². The summed E-state index contributed by atoms with van der Waals surface area (Å²) in [7, 11) is 0. The maximum atomic E-state index is 5.18. The summed E-state index contributed by atoms with van der Waals surface area (Å²) < 4.78 is 0. The third kappa shape index (κ3) is 2.51. The van der Waals surface area contributed by atoms with Crippen LogP contribution in [0.4, 0.5) is 0 Å². The molecule has 0 aromatic heterocycles. The average Bonchev–Trinajstić information content (AvgIpc) is 2.95. The standard InChI is InChI=1S/C12H13N.ClH/c1-2-8-13-12-9-11(12)10-6-4-3-5-7-10;/h1,3-7,11-13H,8-9H2;1H. The monoisotopic (exact) mass is 207 g/mol. The predicted molar refractivity (Wildman–Crippen MR) is 61.7 cm³/mol. The van der Waals surface area contributed by atoms with Crippen molar-refractivity contribution in [3.63, 3.8) is 0 Å². The smallest absolute Gasteiger partial charge is 0.0576 e. The van der Waals surface area contributed by atoms with Gasteiger partial charge in [-0.15, -0.1) is 18.8 Å². The molecular formula is C12H14ClN. The molecule has 1 saturated carbocycles. The highest BCUT2D eigenvalue weighted by atomic mass is 35.5.